The van der Waals surface area contributed by atoms with Crippen LogP contribution in [0.2, 0.25) is 0 Å². The smallest absolute Gasteiger partial charge is 0.132 e. The average Bonchev–Trinajstić information content (AvgIpc) is 1.65. The molecule has 1 N–H and O–H groups in total. The molecule has 2 heteroatoms. The van der Waals surface area contributed by atoms with Gasteiger partial charge in [0.25, 0.3) is 0 Å². The van der Waals surface area contributed by atoms with E-state index in [0.717, 1.165) is 6.42 Å². The topological polar surface area (TPSA) is 29.5 Å². The first-order valence-electron chi connectivity index (χ1n) is 1.95. The molecule has 0 aromatic heterocycles. The predicted octanol–water partition coefficient (Wildman–Crippen LogP) is 1.44. The molecule has 6 heavy (non-hydrogen) atoms. The van der Waals surface area contributed by atoms with Gasteiger partial charge >= 0.3 is 0 Å². The van der Waals surface area contributed by atoms with E-state index in [2.05, 4.69) is 4.89 Å². The average molecular weight is 89.1 g/mol. The summed E-state index contributed by atoms with van der Waals surface area (Å²) in [5, 5.41) is 7.80. The summed E-state index contributed by atoms with van der Waals surface area (Å²) in [6.45, 7) is 3.63. The van der Waals surface area contributed by atoms with Crippen LogP contribution in [0, 0.1) is 6.10 Å². The Morgan fingerprint density at radius 2 is 2.33 bits per heavy atom. The van der Waals surface area contributed by atoms with Gasteiger partial charge in [0.15, 0.2) is 0 Å². The van der Waals surface area contributed by atoms with Crippen LogP contribution < -0.4 is 0 Å². The highest BCUT2D eigenvalue weighted by Gasteiger charge is 1.93. The highest BCUT2D eigenvalue weighted by molar-refractivity contribution is 4.63. The summed E-state index contributed by atoms with van der Waals surface area (Å²) in [6.07, 6.45) is 1.42. The molecule has 0 aromatic rings. The van der Waals surface area contributed by atoms with Gasteiger partial charge in [-0.05, 0) is 13.3 Å². The number of hydrogen-bond donors (Lipinski definition) is 1. The molecule has 0 fully saturated rings. The van der Waals surface area contributed by atoms with Crippen LogP contribution in [0.3, 0.4) is 0 Å². The van der Waals surface area contributed by atoms with Crippen molar-refractivity contribution in [3.8, 4) is 0 Å². The van der Waals surface area contributed by atoms with Gasteiger partial charge in [0, 0.05) is 0 Å². The first kappa shape index (κ1) is 5.92. The lowest BCUT2D eigenvalue weighted by Gasteiger charge is -1.96. The van der Waals surface area contributed by atoms with Gasteiger partial charge in [0.1, 0.15) is 6.10 Å². The zero-order valence-corrected chi connectivity index (χ0v) is 4.06. The number of rotatable bonds is 2. The molecule has 0 aromatic carbocycles. The molecular formula is C4H9O2. The van der Waals surface area contributed by atoms with Crippen molar-refractivity contribution in [3.63, 3.8) is 0 Å². The zero-order chi connectivity index (χ0) is 4.99. The Kier molecular flexibility index (Phi) is 3.08. The lowest BCUT2D eigenvalue weighted by molar-refractivity contribution is -0.233. The van der Waals surface area contributed by atoms with E-state index in [0.29, 0.717) is 6.10 Å². The molecule has 2 nitrogen and oxygen atoms in total. The molecule has 0 rings (SSSR count). The van der Waals surface area contributed by atoms with Crippen LogP contribution in [0.1, 0.15) is 20.3 Å². The van der Waals surface area contributed by atoms with E-state index < -0.39 is 0 Å². The van der Waals surface area contributed by atoms with E-state index >= 15 is 0 Å². The van der Waals surface area contributed by atoms with Crippen molar-refractivity contribution in [2.75, 3.05) is 0 Å². The van der Waals surface area contributed by atoms with Crippen LogP contribution in [0.15, 0.2) is 0 Å². The van der Waals surface area contributed by atoms with Crippen molar-refractivity contribution < 1.29 is 10.1 Å². The van der Waals surface area contributed by atoms with Crippen molar-refractivity contribution in [2.45, 2.75) is 20.3 Å². The summed E-state index contributed by atoms with van der Waals surface area (Å²) in [5.41, 5.74) is 0. The van der Waals surface area contributed by atoms with Crippen LogP contribution >= 0.6 is 0 Å². The van der Waals surface area contributed by atoms with E-state index in [-0.39, 0.29) is 0 Å². The summed E-state index contributed by atoms with van der Waals surface area (Å²) < 4.78 is 0. The van der Waals surface area contributed by atoms with E-state index in [9.17, 15) is 0 Å². The Balaban J connectivity index is 2.75. The van der Waals surface area contributed by atoms with Crippen molar-refractivity contribution in [3.05, 3.63) is 6.10 Å². The summed E-state index contributed by atoms with van der Waals surface area (Å²) in [4.78, 5) is 3.82. The molecule has 0 spiro atoms. The quantitative estimate of drug-likeness (QED) is 0.409. The van der Waals surface area contributed by atoms with Gasteiger partial charge in [-0.25, -0.2) is 4.89 Å². The second-order valence-electron chi connectivity index (χ2n) is 1.15. The maximum atomic E-state index is 7.80. The molecule has 0 unspecified atom stereocenters. The van der Waals surface area contributed by atoms with E-state index in [1.54, 1.807) is 6.92 Å². The van der Waals surface area contributed by atoms with Gasteiger partial charge in [-0.2, -0.15) is 0 Å². The molecule has 0 aliphatic carbocycles. The monoisotopic (exact) mass is 89.1 g/mol. The van der Waals surface area contributed by atoms with Gasteiger partial charge in [0.2, 0.25) is 0 Å². The van der Waals surface area contributed by atoms with E-state index in [4.69, 9.17) is 5.26 Å². The van der Waals surface area contributed by atoms with Gasteiger partial charge in [-0.15, -0.1) is 0 Å². The SMILES string of the molecule is CC[C](C)OO. The summed E-state index contributed by atoms with van der Waals surface area (Å²) in [7, 11) is 0. The lowest BCUT2D eigenvalue weighted by Crippen LogP contribution is -1.89. The number of hydrogen-bond acceptors (Lipinski definition) is 2. The minimum Gasteiger partial charge on any atom is -0.251 e. The van der Waals surface area contributed by atoms with E-state index in [1.807, 2.05) is 6.92 Å². The van der Waals surface area contributed by atoms with Crippen LogP contribution in [0.4, 0.5) is 0 Å². The maximum absolute atomic E-state index is 7.80. The third-order valence-corrected chi connectivity index (χ3v) is 0.654. The summed E-state index contributed by atoms with van der Waals surface area (Å²) >= 11 is 0. The fourth-order valence-electron chi connectivity index (χ4n) is 0.0645. The van der Waals surface area contributed by atoms with Gasteiger partial charge in [0.05, 0.1) is 0 Å². The highest BCUT2D eigenvalue weighted by Crippen LogP contribution is 2.00. The zero-order valence-electron chi connectivity index (χ0n) is 4.06. The van der Waals surface area contributed by atoms with Gasteiger partial charge in [-0.1, -0.05) is 6.92 Å². The molecule has 1 radical (unpaired) electrons. The molecular weight excluding hydrogens is 80.0 g/mol. The van der Waals surface area contributed by atoms with Crippen LogP contribution in [0.5, 0.6) is 0 Å². The molecule has 37 valence electrons. The standard InChI is InChI=1S/C4H9O2/c1-3-4(2)6-5/h5H,3H2,1-2H3. The Hall–Kier alpha value is -0.0800. The third kappa shape index (κ3) is 2.18. The first-order chi connectivity index (χ1) is 2.81. The Bertz CT molecular complexity index is 24.7. The lowest BCUT2D eigenvalue weighted by atomic mass is 10.3. The van der Waals surface area contributed by atoms with Crippen LogP contribution in [-0.2, 0) is 4.89 Å². The van der Waals surface area contributed by atoms with Gasteiger partial charge < -0.3 is 0 Å². The first-order valence-corrected chi connectivity index (χ1v) is 1.95. The molecule has 0 saturated carbocycles. The van der Waals surface area contributed by atoms with Crippen LogP contribution in [0.25, 0.3) is 0 Å². The van der Waals surface area contributed by atoms with Crippen molar-refractivity contribution >= 4 is 0 Å². The van der Waals surface area contributed by atoms with Crippen LogP contribution in [-0.4, -0.2) is 5.26 Å². The third-order valence-electron chi connectivity index (χ3n) is 0.654. The molecule has 0 heterocycles. The molecule has 0 bridgehead atoms. The minimum absolute atomic E-state index is 0.648. The van der Waals surface area contributed by atoms with Crippen molar-refractivity contribution in [1.29, 1.82) is 0 Å². The second-order valence-corrected chi connectivity index (χ2v) is 1.15. The fourth-order valence-corrected chi connectivity index (χ4v) is 0.0645. The van der Waals surface area contributed by atoms with Gasteiger partial charge in [-0.3, -0.25) is 5.26 Å². The fraction of sp³-hybridized carbons (Fsp3) is 0.750. The largest absolute Gasteiger partial charge is 0.251 e. The van der Waals surface area contributed by atoms with E-state index in [1.165, 1.54) is 0 Å². The maximum Gasteiger partial charge on any atom is 0.132 e. The van der Waals surface area contributed by atoms with Crippen molar-refractivity contribution in [1.82, 2.24) is 0 Å². The Labute approximate surface area is 37.7 Å². The molecule has 0 amide bonds. The Morgan fingerprint density at radius 3 is 2.33 bits per heavy atom. The molecule has 0 aliphatic rings. The normalized spacial score (nSPS) is 10.0. The molecule has 0 atom stereocenters. The summed E-state index contributed by atoms with van der Waals surface area (Å²) in [5.74, 6) is 0. The highest BCUT2D eigenvalue weighted by atomic mass is 17.1. The molecule has 0 saturated heterocycles. The second kappa shape index (κ2) is 3.12. The minimum atomic E-state index is 0.648. The predicted molar refractivity (Wildman–Crippen MR) is 22.9 cm³/mol. The molecule has 0 aliphatic heterocycles. The Morgan fingerprint density at radius 1 is 1.83 bits per heavy atom. The van der Waals surface area contributed by atoms with Crippen molar-refractivity contribution in [2.24, 2.45) is 0 Å². The summed E-state index contributed by atoms with van der Waals surface area (Å²) in [6, 6.07) is 0.